The molecule has 1 unspecified atom stereocenters. The second kappa shape index (κ2) is 8.67. The molecule has 4 rings (SSSR count). The number of ether oxygens (including phenoxy) is 1. The number of benzene rings is 1. The summed E-state index contributed by atoms with van der Waals surface area (Å²) >= 11 is 0. The number of hydrogen-bond acceptors (Lipinski definition) is 5. The third kappa shape index (κ3) is 4.44. The normalized spacial score (nSPS) is 23.1. The molecule has 8 nitrogen and oxygen atoms in total. The van der Waals surface area contributed by atoms with Crippen molar-refractivity contribution >= 4 is 17.6 Å². The summed E-state index contributed by atoms with van der Waals surface area (Å²) in [7, 11) is 1.58. The lowest BCUT2D eigenvalue weighted by atomic mass is 10.1. The van der Waals surface area contributed by atoms with E-state index in [0.29, 0.717) is 25.5 Å². The Balaban J connectivity index is 1.35. The van der Waals surface area contributed by atoms with Crippen molar-refractivity contribution in [3.05, 3.63) is 54.0 Å². The first-order valence-corrected chi connectivity index (χ1v) is 9.86. The van der Waals surface area contributed by atoms with Crippen LogP contribution in [-0.2, 0) is 11.3 Å². The number of carbonyl (C=O) groups is 2. The zero-order valence-electron chi connectivity index (χ0n) is 16.5. The smallest absolute Gasteiger partial charge is 0.322 e. The van der Waals surface area contributed by atoms with Gasteiger partial charge in [-0.05, 0) is 30.7 Å². The standard InChI is InChI=1S/C21H26N4O4/c1-28-14-18-7-8-19(29-18)20(26)22-11-17-13-25(16-9-10-24(17)12-16)21(27)23-15-5-3-2-4-6-15/h2-8,16-17H,9-14H2,1H3,(H,22,26)(H,23,27)/t16-,17+/m0/s1. The number of fused-ring (bicyclic) bond motifs is 2. The molecular weight excluding hydrogens is 372 g/mol. The van der Waals surface area contributed by atoms with Gasteiger partial charge in [0.2, 0.25) is 0 Å². The first-order valence-electron chi connectivity index (χ1n) is 9.86. The third-order valence-electron chi connectivity index (χ3n) is 5.52. The van der Waals surface area contributed by atoms with Gasteiger partial charge in [0.1, 0.15) is 12.4 Å². The fraction of sp³-hybridized carbons (Fsp3) is 0.429. The number of nitrogens with one attached hydrogen (secondary N) is 2. The van der Waals surface area contributed by atoms with Gasteiger partial charge < -0.3 is 24.7 Å². The molecule has 2 aliphatic heterocycles. The minimum Gasteiger partial charge on any atom is -0.453 e. The Bertz CT molecular complexity index is 853. The maximum Gasteiger partial charge on any atom is 0.322 e. The number of furan rings is 1. The molecule has 2 aromatic rings. The van der Waals surface area contributed by atoms with E-state index in [-0.39, 0.29) is 29.8 Å². The van der Waals surface area contributed by atoms with Crippen LogP contribution in [0.1, 0.15) is 22.7 Å². The SMILES string of the molecule is COCc1ccc(C(=O)NC[C@@H]2CN(C(=O)Nc3ccccc3)[C@H]3CCN2C3)o1. The molecule has 0 aliphatic carbocycles. The first kappa shape index (κ1) is 19.5. The van der Waals surface area contributed by atoms with Crippen molar-refractivity contribution in [3.8, 4) is 0 Å². The van der Waals surface area contributed by atoms with Crippen LogP contribution in [0.4, 0.5) is 10.5 Å². The highest BCUT2D eigenvalue weighted by molar-refractivity contribution is 5.91. The molecule has 2 bridgehead atoms. The number of piperazine rings is 1. The van der Waals surface area contributed by atoms with E-state index in [4.69, 9.17) is 9.15 Å². The highest BCUT2D eigenvalue weighted by Crippen LogP contribution is 2.25. The fourth-order valence-electron chi connectivity index (χ4n) is 4.02. The fourth-order valence-corrected chi connectivity index (χ4v) is 4.02. The molecule has 2 N–H and O–H groups in total. The van der Waals surface area contributed by atoms with Crippen LogP contribution in [0.2, 0.25) is 0 Å². The van der Waals surface area contributed by atoms with Crippen molar-refractivity contribution in [2.75, 3.05) is 38.6 Å². The Hall–Kier alpha value is -2.84. The number of rotatable bonds is 6. The molecule has 2 aliphatic rings. The lowest BCUT2D eigenvalue weighted by molar-refractivity contribution is 0.0853. The van der Waals surface area contributed by atoms with Gasteiger partial charge in [0, 0.05) is 51.1 Å². The van der Waals surface area contributed by atoms with E-state index in [1.54, 1.807) is 19.2 Å². The molecule has 1 aromatic heterocycles. The van der Waals surface area contributed by atoms with Gasteiger partial charge in [-0.15, -0.1) is 0 Å². The number of para-hydroxylation sites is 1. The Morgan fingerprint density at radius 3 is 2.79 bits per heavy atom. The van der Waals surface area contributed by atoms with Gasteiger partial charge in [-0.1, -0.05) is 18.2 Å². The van der Waals surface area contributed by atoms with Gasteiger partial charge in [-0.3, -0.25) is 9.69 Å². The molecule has 3 heterocycles. The van der Waals surface area contributed by atoms with E-state index in [2.05, 4.69) is 15.5 Å². The lowest BCUT2D eigenvalue weighted by Gasteiger charge is -2.40. The summed E-state index contributed by atoms with van der Waals surface area (Å²) in [5, 5.41) is 5.92. The second-order valence-electron chi connectivity index (χ2n) is 7.45. The Morgan fingerprint density at radius 1 is 1.17 bits per heavy atom. The van der Waals surface area contributed by atoms with Crippen LogP contribution in [0.3, 0.4) is 0 Å². The molecule has 2 saturated heterocycles. The molecule has 2 fully saturated rings. The molecule has 3 amide bonds. The van der Waals surface area contributed by atoms with Gasteiger partial charge in [-0.2, -0.15) is 0 Å². The predicted molar refractivity (Wildman–Crippen MR) is 108 cm³/mol. The number of methoxy groups -OCH3 is 1. The molecule has 8 heteroatoms. The first-order chi connectivity index (χ1) is 14.1. The summed E-state index contributed by atoms with van der Waals surface area (Å²) in [5.74, 6) is 0.626. The van der Waals surface area contributed by atoms with E-state index >= 15 is 0 Å². The van der Waals surface area contributed by atoms with Crippen molar-refractivity contribution in [1.29, 1.82) is 0 Å². The topological polar surface area (TPSA) is 87.0 Å². The van der Waals surface area contributed by atoms with Crippen molar-refractivity contribution in [3.63, 3.8) is 0 Å². The molecule has 1 aromatic carbocycles. The average molecular weight is 398 g/mol. The summed E-state index contributed by atoms with van der Waals surface area (Å²) < 4.78 is 10.5. The lowest BCUT2D eigenvalue weighted by Crippen LogP contribution is -2.58. The van der Waals surface area contributed by atoms with Crippen molar-refractivity contribution in [2.24, 2.45) is 0 Å². The Morgan fingerprint density at radius 2 is 2.00 bits per heavy atom. The minimum atomic E-state index is -0.256. The summed E-state index contributed by atoms with van der Waals surface area (Å²) in [6.07, 6.45) is 0.950. The number of urea groups is 1. The molecule has 154 valence electrons. The van der Waals surface area contributed by atoms with Crippen molar-refractivity contribution < 1.29 is 18.7 Å². The summed E-state index contributed by atoms with van der Waals surface area (Å²) in [6.45, 7) is 3.13. The van der Waals surface area contributed by atoms with Crippen LogP contribution in [0, 0.1) is 0 Å². The number of amides is 3. The summed E-state index contributed by atoms with van der Waals surface area (Å²) in [6, 6.07) is 13.1. The zero-order valence-corrected chi connectivity index (χ0v) is 16.5. The number of carbonyl (C=O) groups excluding carboxylic acids is 2. The largest absolute Gasteiger partial charge is 0.453 e. The average Bonchev–Trinajstić information content (AvgIpc) is 3.36. The molecule has 0 radical (unpaired) electrons. The Kier molecular flexibility index (Phi) is 5.82. The van der Waals surface area contributed by atoms with Gasteiger partial charge >= 0.3 is 6.03 Å². The van der Waals surface area contributed by atoms with Crippen LogP contribution in [0.15, 0.2) is 46.9 Å². The van der Waals surface area contributed by atoms with Crippen LogP contribution in [-0.4, -0.2) is 67.1 Å². The summed E-state index contributed by atoms with van der Waals surface area (Å²) in [5.41, 5.74) is 0.785. The van der Waals surface area contributed by atoms with E-state index in [0.717, 1.165) is 25.2 Å². The molecule has 0 saturated carbocycles. The highest BCUT2D eigenvalue weighted by Gasteiger charge is 2.40. The van der Waals surface area contributed by atoms with Crippen LogP contribution >= 0.6 is 0 Å². The minimum absolute atomic E-state index is 0.0765. The number of nitrogens with zero attached hydrogens (tertiary/aromatic N) is 2. The maximum atomic E-state index is 12.8. The maximum absolute atomic E-state index is 12.8. The van der Waals surface area contributed by atoms with E-state index in [9.17, 15) is 9.59 Å². The van der Waals surface area contributed by atoms with E-state index in [1.807, 2.05) is 35.2 Å². The molecule has 0 spiro atoms. The van der Waals surface area contributed by atoms with Gasteiger partial charge in [0.15, 0.2) is 5.76 Å². The van der Waals surface area contributed by atoms with Crippen LogP contribution in [0.25, 0.3) is 0 Å². The zero-order chi connectivity index (χ0) is 20.2. The van der Waals surface area contributed by atoms with Crippen LogP contribution in [0.5, 0.6) is 0 Å². The van der Waals surface area contributed by atoms with E-state index in [1.165, 1.54) is 0 Å². The van der Waals surface area contributed by atoms with E-state index < -0.39 is 0 Å². The highest BCUT2D eigenvalue weighted by atomic mass is 16.5. The third-order valence-corrected chi connectivity index (χ3v) is 5.52. The van der Waals surface area contributed by atoms with Crippen LogP contribution < -0.4 is 10.6 Å². The molecule has 29 heavy (non-hydrogen) atoms. The number of hydrogen-bond donors (Lipinski definition) is 2. The Labute approximate surface area is 169 Å². The molecular formula is C21H26N4O4. The quantitative estimate of drug-likeness (QED) is 0.779. The van der Waals surface area contributed by atoms with Gasteiger partial charge in [0.25, 0.3) is 5.91 Å². The number of anilines is 1. The monoisotopic (exact) mass is 398 g/mol. The second-order valence-corrected chi connectivity index (χ2v) is 7.45. The van der Waals surface area contributed by atoms with Gasteiger partial charge in [-0.25, -0.2) is 4.79 Å². The van der Waals surface area contributed by atoms with Gasteiger partial charge in [0.05, 0.1) is 0 Å². The molecule has 3 atom stereocenters. The summed E-state index contributed by atoms with van der Waals surface area (Å²) in [4.78, 5) is 29.5. The predicted octanol–water partition coefficient (Wildman–Crippen LogP) is 2.15. The van der Waals surface area contributed by atoms with Crippen molar-refractivity contribution in [2.45, 2.75) is 25.1 Å². The van der Waals surface area contributed by atoms with Crippen molar-refractivity contribution in [1.82, 2.24) is 15.1 Å².